The first-order valence-corrected chi connectivity index (χ1v) is 8.91. The summed E-state index contributed by atoms with van der Waals surface area (Å²) in [5.74, 6) is -0.251. The van der Waals surface area contributed by atoms with Gasteiger partial charge in [-0.15, -0.1) is 0 Å². The van der Waals surface area contributed by atoms with E-state index in [-0.39, 0.29) is 41.1 Å². The van der Waals surface area contributed by atoms with Crippen LogP contribution in [0.2, 0.25) is 0 Å². The molecular weight excluding hydrogens is 404 g/mol. The van der Waals surface area contributed by atoms with Crippen LogP contribution in [0, 0.1) is 0 Å². The highest BCUT2D eigenvalue weighted by atomic mass is 79.9. The van der Waals surface area contributed by atoms with Crippen molar-refractivity contribution in [3.8, 4) is 22.8 Å². The van der Waals surface area contributed by atoms with Crippen molar-refractivity contribution in [1.82, 2.24) is 0 Å². The van der Waals surface area contributed by atoms with Gasteiger partial charge in [0.15, 0.2) is 12.0 Å². The van der Waals surface area contributed by atoms with Crippen LogP contribution in [0.4, 0.5) is 0 Å². The average molecular weight is 419 g/mol. The second kappa shape index (κ2) is 8.05. The van der Waals surface area contributed by atoms with Crippen molar-refractivity contribution in [2.75, 3.05) is 18.5 Å². The third-order valence-electron chi connectivity index (χ3n) is 3.54. The lowest BCUT2D eigenvalue weighted by Crippen LogP contribution is -2.16. The van der Waals surface area contributed by atoms with E-state index in [1.54, 1.807) is 0 Å². The van der Waals surface area contributed by atoms with Crippen LogP contribution < -0.4 is 10.2 Å². The maximum absolute atomic E-state index is 12.3. The van der Waals surface area contributed by atoms with Crippen LogP contribution >= 0.6 is 15.9 Å². The molecule has 2 aromatic carbocycles. The molecule has 0 fully saturated rings. The first kappa shape index (κ1) is 18.0. The van der Waals surface area contributed by atoms with Crippen LogP contribution in [-0.2, 0) is 9.53 Å². The molecule has 0 aliphatic rings. The molecule has 0 bridgehead atoms. The van der Waals surface area contributed by atoms with E-state index in [0.29, 0.717) is 11.1 Å². The third kappa shape index (κ3) is 4.05. The van der Waals surface area contributed by atoms with Gasteiger partial charge in [-0.2, -0.15) is 0 Å². The van der Waals surface area contributed by atoms with Crippen molar-refractivity contribution in [2.24, 2.45) is 0 Å². The first-order valence-electron chi connectivity index (χ1n) is 7.79. The van der Waals surface area contributed by atoms with Gasteiger partial charge in [0.1, 0.15) is 34.8 Å². The molecule has 0 aliphatic carbocycles. The number of alkyl halides is 1. The number of phenolic OH excluding ortho intramolecular Hbond substituents is 1. The Morgan fingerprint density at radius 3 is 2.65 bits per heavy atom. The molecule has 6 nitrogen and oxygen atoms in total. The highest BCUT2D eigenvalue weighted by molar-refractivity contribution is 9.09. The molecule has 0 amide bonds. The van der Waals surface area contributed by atoms with Crippen molar-refractivity contribution >= 4 is 32.9 Å². The Bertz CT molecular complexity index is 980. The van der Waals surface area contributed by atoms with Gasteiger partial charge >= 0.3 is 5.97 Å². The number of ether oxygens (including phenoxy) is 2. The summed E-state index contributed by atoms with van der Waals surface area (Å²) in [6, 6.07) is 13.2. The van der Waals surface area contributed by atoms with E-state index in [1.807, 2.05) is 30.3 Å². The summed E-state index contributed by atoms with van der Waals surface area (Å²) in [4.78, 5) is 23.9. The standard InChI is InChI=1S/C19H15BrO6/c20-6-7-24-18(23)11-25-13-8-14(21)19-15(22)10-16(26-17(19)9-13)12-4-2-1-3-5-12/h1-5,8-10,21H,6-7,11H2. The lowest BCUT2D eigenvalue weighted by molar-refractivity contribution is -0.145. The van der Waals surface area contributed by atoms with Crippen LogP contribution in [0.25, 0.3) is 22.3 Å². The van der Waals surface area contributed by atoms with Crippen LogP contribution in [-0.4, -0.2) is 29.6 Å². The molecule has 1 N–H and O–H groups in total. The van der Waals surface area contributed by atoms with Crippen molar-refractivity contribution in [1.29, 1.82) is 0 Å². The normalized spacial score (nSPS) is 10.7. The van der Waals surface area contributed by atoms with Crippen molar-refractivity contribution in [3.05, 3.63) is 58.8 Å². The summed E-state index contributed by atoms with van der Waals surface area (Å²) < 4.78 is 16.0. The number of fused-ring (bicyclic) bond motifs is 1. The quantitative estimate of drug-likeness (QED) is 0.487. The number of aromatic hydroxyl groups is 1. The Morgan fingerprint density at radius 1 is 1.15 bits per heavy atom. The van der Waals surface area contributed by atoms with Crippen molar-refractivity contribution < 1.29 is 23.8 Å². The highest BCUT2D eigenvalue weighted by Gasteiger charge is 2.13. The molecule has 1 heterocycles. The number of carbonyl (C=O) groups excluding carboxylic acids is 1. The molecule has 3 rings (SSSR count). The van der Waals surface area contributed by atoms with Crippen molar-refractivity contribution in [2.45, 2.75) is 0 Å². The molecule has 0 radical (unpaired) electrons. The summed E-state index contributed by atoms with van der Waals surface area (Å²) in [6.45, 7) is -0.0823. The maximum atomic E-state index is 12.3. The number of esters is 1. The van der Waals surface area contributed by atoms with Crippen molar-refractivity contribution in [3.63, 3.8) is 0 Å². The van der Waals surface area contributed by atoms with Gasteiger partial charge in [0.25, 0.3) is 0 Å². The fourth-order valence-corrected chi connectivity index (χ4v) is 2.57. The van der Waals surface area contributed by atoms with Gasteiger partial charge in [0, 0.05) is 29.1 Å². The zero-order valence-corrected chi connectivity index (χ0v) is 15.2. The summed E-state index contributed by atoms with van der Waals surface area (Å²) in [5.41, 5.74) is 0.529. The predicted octanol–water partition coefficient (Wildman–Crippen LogP) is 3.48. The Balaban J connectivity index is 1.93. The zero-order valence-electron chi connectivity index (χ0n) is 13.6. The number of rotatable bonds is 6. The minimum absolute atomic E-state index is 0.0545. The second-order valence-corrected chi connectivity index (χ2v) is 6.15. The number of halogens is 1. The van der Waals surface area contributed by atoms with Gasteiger partial charge in [-0.05, 0) is 0 Å². The summed E-state index contributed by atoms with van der Waals surface area (Å²) in [5, 5.41) is 10.7. The molecule has 134 valence electrons. The third-order valence-corrected chi connectivity index (χ3v) is 3.86. The number of carbonyl (C=O) groups is 1. The maximum Gasteiger partial charge on any atom is 0.344 e. The van der Waals surface area contributed by atoms with E-state index in [4.69, 9.17) is 13.9 Å². The topological polar surface area (TPSA) is 86.0 Å². The van der Waals surface area contributed by atoms with E-state index in [2.05, 4.69) is 15.9 Å². The van der Waals surface area contributed by atoms with E-state index in [1.165, 1.54) is 18.2 Å². The summed E-state index contributed by atoms with van der Waals surface area (Å²) in [7, 11) is 0. The Hall–Kier alpha value is -2.80. The first-order chi connectivity index (χ1) is 12.6. The van der Waals surface area contributed by atoms with Crippen LogP contribution in [0.1, 0.15) is 0 Å². The summed E-state index contributed by atoms with van der Waals surface area (Å²) in [6.07, 6.45) is 0. The zero-order chi connectivity index (χ0) is 18.5. The van der Waals surface area contributed by atoms with E-state index >= 15 is 0 Å². The summed E-state index contributed by atoms with van der Waals surface area (Å²) >= 11 is 3.15. The molecule has 0 saturated carbocycles. The molecule has 0 aliphatic heterocycles. The van der Waals surface area contributed by atoms with Gasteiger partial charge in [0.2, 0.25) is 0 Å². The van der Waals surface area contributed by atoms with Gasteiger partial charge in [-0.25, -0.2) is 4.79 Å². The molecule has 0 unspecified atom stereocenters. The minimum Gasteiger partial charge on any atom is -0.507 e. The monoisotopic (exact) mass is 418 g/mol. The molecule has 0 atom stereocenters. The molecule has 1 aromatic heterocycles. The number of hydrogen-bond donors (Lipinski definition) is 1. The largest absolute Gasteiger partial charge is 0.507 e. The SMILES string of the molecule is O=C(COc1cc(O)c2c(=O)cc(-c3ccccc3)oc2c1)OCCBr. The van der Waals surface area contributed by atoms with Crippen LogP contribution in [0.5, 0.6) is 11.5 Å². The fraction of sp³-hybridized carbons (Fsp3) is 0.158. The molecular formula is C19H15BrO6. The minimum atomic E-state index is -0.538. The van der Waals surface area contributed by atoms with E-state index < -0.39 is 5.97 Å². The van der Waals surface area contributed by atoms with Gasteiger partial charge in [-0.3, -0.25) is 4.79 Å². The highest BCUT2D eigenvalue weighted by Crippen LogP contribution is 2.31. The smallest absolute Gasteiger partial charge is 0.344 e. The second-order valence-electron chi connectivity index (χ2n) is 5.35. The number of phenols is 1. The average Bonchev–Trinajstić information content (AvgIpc) is 2.64. The molecule has 0 saturated heterocycles. The molecule has 3 aromatic rings. The van der Waals surface area contributed by atoms with E-state index in [0.717, 1.165) is 5.56 Å². The Kier molecular flexibility index (Phi) is 5.58. The lowest BCUT2D eigenvalue weighted by atomic mass is 10.1. The lowest BCUT2D eigenvalue weighted by Gasteiger charge is -2.09. The van der Waals surface area contributed by atoms with E-state index in [9.17, 15) is 14.7 Å². The molecule has 7 heteroatoms. The molecule has 0 spiro atoms. The Morgan fingerprint density at radius 2 is 1.92 bits per heavy atom. The fourth-order valence-electron chi connectivity index (χ4n) is 2.41. The Labute approximate surface area is 157 Å². The molecule has 26 heavy (non-hydrogen) atoms. The predicted molar refractivity (Wildman–Crippen MR) is 99.8 cm³/mol. The van der Waals surface area contributed by atoms with Crippen LogP contribution in [0.3, 0.4) is 0 Å². The van der Waals surface area contributed by atoms with Crippen LogP contribution in [0.15, 0.2) is 57.7 Å². The number of benzene rings is 2. The van der Waals surface area contributed by atoms with Gasteiger partial charge in [-0.1, -0.05) is 46.3 Å². The van der Waals surface area contributed by atoms with Gasteiger partial charge in [0.05, 0.1) is 0 Å². The number of hydrogen-bond acceptors (Lipinski definition) is 6. The van der Waals surface area contributed by atoms with Gasteiger partial charge < -0.3 is 19.0 Å².